The van der Waals surface area contributed by atoms with E-state index in [0.717, 1.165) is 0 Å². The summed E-state index contributed by atoms with van der Waals surface area (Å²) in [5.41, 5.74) is 0.217. The Labute approximate surface area is 235 Å². The van der Waals surface area contributed by atoms with Crippen molar-refractivity contribution in [2.45, 2.75) is 115 Å². The number of nitrogens with one attached hydrogen (secondary N) is 1. The zero-order chi connectivity index (χ0) is 31.8. The molecule has 0 aromatic carbocycles. The number of hydrogen-bond donors (Lipinski definition) is 1. The molecule has 0 saturated heterocycles. The molecule has 238 valence electrons. The third-order valence-corrected chi connectivity index (χ3v) is 21.4. The summed E-state index contributed by atoms with van der Waals surface area (Å²) >= 11 is 0. The van der Waals surface area contributed by atoms with E-state index in [-0.39, 0.29) is 24.6 Å². The summed E-state index contributed by atoms with van der Waals surface area (Å²) in [4.78, 5) is 11.9. The van der Waals surface area contributed by atoms with Crippen LogP contribution in [0, 0.1) is 0 Å². The molecule has 0 radical (unpaired) electrons. The van der Waals surface area contributed by atoms with E-state index >= 15 is 0 Å². The average molecular weight is 668 g/mol. The maximum atomic E-state index is 13.0. The van der Waals surface area contributed by atoms with Gasteiger partial charge in [-0.05, 0) is 70.8 Å². The second-order valence-corrected chi connectivity index (χ2v) is 28.1. The summed E-state index contributed by atoms with van der Waals surface area (Å²) in [6.07, 6.45) is -16.9. The Morgan fingerprint density at radius 2 is 0.950 bits per heavy atom. The topological polar surface area (TPSA) is 56.8 Å². The Morgan fingerprint density at radius 3 is 1.20 bits per heavy atom. The number of carbonyl (C=O) groups is 1. The van der Waals surface area contributed by atoms with Crippen molar-refractivity contribution in [2.24, 2.45) is 0 Å². The Bertz CT molecular complexity index is 754. The van der Waals surface area contributed by atoms with Gasteiger partial charge in [0, 0.05) is 37.4 Å². The van der Waals surface area contributed by atoms with Gasteiger partial charge in [0.05, 0.1) is 0 Å². The first kappa shape index (κ1) is 39.3. The smallest absolute Gasteiger partial charge is 0.417 e. The van der Waals surface area contributed by atoms with Gasteiger partial charge in [0.1, 0.15) is 0 Å². The number of rotatable bonds is 17. The number of amides is 1. The normalized spacial score (nSPS) is 14.4. The quantitative estimate of drug-likeness (QED) is 0.0732. The van der Waals surface area contributed by atoms with Crippen LogP contribution in [0.25, 0.3) is 0 Å². The fraction of sp³-hybridized carbons (Fsp3) is 0.864. The van der Waals surface area contributed by atoms with Crippen LogP contribution < -0.4 is 5.32 Å². The van der Waals surface area contributed by atoms with E-state index in [1.807, 2.05) is 0 Å². The molecule has 1 amide bonds. The van der Waals surface area contributed by atoms with Crippen molar-refractivity contribution >= 4 is 39.7 Å². The van der Waals surface area contributed by atoms with E-state index in [4.69, 9.17) is 12.3 Å². The summed E-state index contributed by atoms with van der Waals surface area (Å²) in [5, 5.41) is 2.58. The van der Waals surface area contributed by atoms with Gasteiger partial charge in [0.15, 0.2) is 25.0 Å². The number of carbonyl (C=O) groups excluding carboxylic acids is 1. The average Bonchev–Trinajstić information content (AvgIpc) is 2.70. The predicted molar refractivity (Wildman–Crippen MR) is 145 cm³/mol. The van der Waals surface area contributed by atoms with Crippen LogP contribution in [0.2, 0.25) is 63.5 Å². The lowest BCUT2D eigenvalue weighted by atomic mass is 10.3. The summed E-state index contributed by atoms with van der Waals surface area (Å²) in [5.74, 6) is -0.463. The maximum Gasteiger partial charge on any atom is 0.469 e. The van der Waals surface area contributed by atoms with E-state index < -0.39 is 95.6 Å². The third kappa shape index (κ3) is 19.4. The van der Waals surface area contributed by atoms with E-state index in [1.165, 1.54) is 46.2 Å². The number of hydrogen-bond acceptors (Lipinski definition) is 4. The van der Waals surface area contributed by atoms with E-state index in [1.54, 1.807) is 0 Å². The minimum absolute atomic E-state index is 0.0378. The Kier molecular flexibility index (Phi) is 14.4. The van der Waals surface area contributed by atoms with Gasteiger partial charge in [0.25, 0.3) is 0 Å². The fourth-order valence-electron chi connectivity index (χ4n) is 3.62. The third-order valence-electron chi connectivity index (χ3n) is 5.66. The summed E-state index contributed by atoms with van der Waals surface area (Å²) < 4.78 is 136. The molecule has 0 heterocycles. The van der Waals surface area contributed by atoms with Crippen molar-refractivity contribution in [1.29, 1.82) is 0 Å². The molecule has 0 aromatic rings. The van der Waals surface area contributed by atoms with Gasteiger partial charge < -0.3 is 17.7 Å². The first-order valence-corrected chi connectivity index (χ1v) is 24.1. The van der Waals surface area contributed by atoms with Gasteiger partial charge in [-0.2, -0.15) is 39.5 Å². The van der Waals surface area contributed by atoms with Crippen LogP contribution in [-0.4, -0.2) is 64.7 Å². The molecule has 0 unspecified atom stereocenters. The van der Waals surface area contributed by atoms with Crippen molar-refractivity contribution in [3.05, 3.63) is 12.2 Å². The van der Waals surface area contributed by atoms with Crippen molar-refractivity contribution in [2.75, 3.05) is 6.54 Å². The highest BCUT2D eigenvalue weighted by Gasteiger charge is 2.53. The predicted octanol–water partition coefficient (Wildman–Crippen LogP) is 8.53. The molecule has 0 fully saturated rings. The Balaban J connectivity index is 6.42. The lowest BCUT2D eigenvalue weighted by molar-refractivity contribution is -0.131. The molecule has 0 atom stereocenters. The van der Waals surface area contributed by atoms with Gasteiger partial charge in [-0.15, -0.1) is 0 Å². The second-order valence-electron chi connectivity index (χ2n) is 11.8. The zero-order valence-electron chi connectivity index (χ0n) is 24.1. The summed E-state index contributed by atoms with van der Waals surface area (Å²) in [7, 11) is -14.0. The van der Waals surface area contributed by atoms with Crippen LogP contribution in [0.15, 0.2) is 12.2 Å². The largest absolute Gasteiger partial charge is 0.469 e. The number of alkyl halides is 9. The maximum absolute atomic E-state index is 13.0. The van der Waals surface area contributed by atoms with Gasteiger partial charge in [-0.25, -0.2) is 0 Å². The molecule has 0 aromatic heterocycles. The summed E-state index contributed by atoms with van der Waals surface area (Å²) in [6, 6.07) is -1.31. The monoisotopic (exact) mass is 667 g/mol. The van der Waals surface area contributed by atoms with Crippen molar-refractivity contribution in [3.8, 4) is 0 Å². The second kappa shape index (κ2) is 14.7. The van der Waals surface area contributed by atoms with Crippen LogP contribution in [0.3, 0.4) is 0 Å². The molecule has 5 nitrogen and oxygen atoms in total. The first-order valence-electron chi connectivity index (χ1n) is 12.8. The SMILES string of the molecule is C=C(C)C(=O)NCCC[Si](O[Si](C)(C)CCC(F)(F)F)(O[Si](C)(C)CCC(F)(F)F)O[Si](C)(C)CCC(F)(F)F. The van der Waals surface area contributed by atoms with Crippen molar-refractivity contribution in [3.63, 3.8) is 0 Å². The van der Waals surface area contributed by atoms with Gasteiger partial charge in [-0.3, -0.25) is 4.79 Å². The molecular weight excluding hydrogens is 626 g/mol. The molecule has 0 aliphatic carbocycles. The van der Waals surface area contributed by atoms with Crippen molar-refractivity contribution in [1.82, 2.24) is 5.32 Å². The van der Waals surface area contributed by atoms with Gasteiger partial charge >= 0.3 is 27.3 Å². The van der Waals surface area contributed by atoms with Crippen LogP contribution in [0.1, 0.15) is 32.6 Å². The van der Waals surface area contributed by atoms with Crippen molar-refractivity contribution < 1.29 is 56.7 Å². The molecule has 0 rings (SSSR count). The van der Waals surface area contributed by atoms with Crippen LogP contribution in [0.5, 0.6) is 0 Å². The Morgan fingerprint density at radius 1 is 0.650 bits per heavy atom. The molecule has 0 aliphatic rings. The lowest BCUT2D eigenvalue weighted by Crippen LogP contribution is -2.62. The lowest BCUT2D eigenvalue weighted by Gasteiger charge is -2.45. The molecule has 0 saturated carbocycles. The van der Waals surface area contributed by atoms with Crippen LogP contribution >= 0.6 is 0 Å². The fourth-order valence-corrected chi connectivity index (χ4v) is 21.1. The molecular formula is C22H42F9NO4Si4. The molecule has 1 N–H and O–H groups in total. The van der Waals surface area contributed by atoms with Crippen LogP contribution in [0.4, 0.5) is 39.5 Å². The highest BCUT2D eigenvalue weighted by molar-refractivity contribution is 6.90. The molecule has 0 spiro atoms. The molecule has 40 heavy (non-hydrogen) atoms. The molecule has 0 bridgehead atoms. The highest BCUT2D eigenvalue weighted by Crippen LogP contribution is 2.37. The highest BCUT2D eigenvalue weighted by atomic mass is 28.5. The minimum atomic E-state index is -4.49. The van der Waals surface area contributed by atoms with E-state index in [0.29, 0.717) is 0 Å². The van der Waals surface area contributed by atoms with E-state index in [9.17, 15) is 44.3 Å². The number of halogens is 9. The minimum Gasteiger partial charge on any atom is -0.417 e. The first-order chi connectivity index (χ1) is 17.6. The van der Waals surface area contributed by atoms with E-state index in [2.05, 4.69) is 11.9 Å². The van der Waals surface area contributed by atoms with Gasteiger partial charge in [0.2, 0.25) is 5.91 Å². The van der Waals surface area contributed by atoms with Gasteiger partial charge in [-0.1, -0.05) is 6.58 Å². The summed E-state index contributed by atoms with van der Waals surface area (Å²) in [6.45, 7) is 14.0. The molecule has 18 heteroatoms. The Hall–Kier alpha value is -0.672. The zero-order valence-corrected chi connectivity index (χ0v) is 28.1. The standard InChI is InChI=1S/C22H42F9NO4Si4/c1-18(2)19(33)32-13-9-14-40(34-37(3,4)15-10-20(23,24)25,35-38(5,6)16-11-21(26,27)28)36-39(7,8)17-12-22(29,30)31/h1,9-17H2,2-8H3,(H,32,33). The van der Waals surface area contributed by atoms with Crippen LogP contribution in [-0.2, 0) is 17.1 Å². The molecule has 0 aliphatic heterocycles.